The number of benzene rings is 2. The van der Waals surface area contributed by atoms with Gasteiger partial charge in [0.05, 0.1) is 5.52 Å². The highest BCUT2D eigenvalue weighted by Crippen LogP contribution is 2.28. The molecule has 0 unspecified atom stereocenters. The number of fused-ring (bicyclic) bond motifs is 1. The van der Waals surface area contributed by atoms with Gasteiger partial charge < -0.3 is 5.32 Å². The lowest BCUT2D eigenvalue weighted by Crippen LogP contribution is -2.13. The molecule has 0 fully saturated rings. The second-order valence-electron chi connectivity index (χ2n) is 5.60. The molecule has 2 aromatic heterocycles. The molecule has 0 saturated carbocycles. The molecule has 0 aliphatic heterocycles. The van der Waals surface area contributed by atoms with E-state index in [2.05, 4.69) is 20.5 Å². The van der Waals surface area contributed by atoms with Crippen LogP contribution < -0.4 is 5.32 Å². The third kappa shape index (κ3) is 2.79. The number of aromatic nitrogens is 3. The zero-order valence-electron chi connectivity index (χ0n) is 13.3. The lowest BCUT2D eigenvalue weighted by Gasteiger charge is -2.05. The Kier molecular flexibility index (Phi) is 3.89. The molecule has 4 rings (SSSR count). The van der Waals surface area contributed by atoms with Gasteiger partial charge in [0.15, 0.2) is 17.3 Å². The van der Waals surface area contributed by atoms with Crippen molar-refractivity contribution in [2.24, 2.45) is 0 Å². The summed E-state index contributed by atoms with van der Waals surface area (Å²) in [6, 6.07) is 14.0. The normalized spacial score (nSPS) is 10.8. The number of aromatic amines is 1. The van der Waals surface area contributed by atoms with Gasteiger partial charge in [-0.1, -0.05) is 24.3 Å². The summed E-state index contributed by atoms with van der Waals surface area (Å²) in [6.07, 6.45) is 1.56. The van der Waals surface area contributed by atoms with Crippen LogP contribution in [0.1, 0.15) is 10.5 Å². The van der Waals surface area contributed by atoms with Crippen LogP contribution in [0.5, 0.6) is 0 Å². The maximum Gasteiger partial charge on any atom is 0.277 e. The monoisotopic (exact) mass is 350 g/mol. The van der Waals surface area contributed by atoms with Crippen LogP contribution in [0.25, 0.3) is 22.0 Å². The Morgan fingerprint density at radius 2 is 1.92 bits per heavy atom. The van der Waals surface area contributed by atoms with Gasteiger partial charge in [0.1, 0.15) is 5.82 Å². The standard InChI is InChI=1S/C19H12F2N4O/c20-14-5-3-4-12(17(14)21)11-7-8-15-13(10-11)18(25-24-15)19(26)23-16-6-1-2-9-22-16/h1-10H,(H,24,25)(H,22,23,26). The number of amides is 1. The Morgan fingerprint density at radius 3 is 2.73 bits per heavy atom. The van der Waals surface area contributed by atoms with Crippen molar-refractivity contribution in [1.29, 1.82) is 0 Å². The summed E-state index contributed by atoms with van der Waals surface area (Å²) in [4.78, 5) is 16.5. The van der Waals surface area contributed by atoms with Crippen molar-refractivity contribution in [3.05, 3.63) is 78.1 Å². The van der Waals surface area contributed by atoms with E-state index in [1.54, 1.807) is 42.6 Å². The van der Waals surface area contributed by atoms with E-state index < -0.39 is 17.5 Å². The molecule has 26 heavy (non-hydrogen) atoms. The SMILES string of the molecule is O=C(Nc1ccccn1)c1n[nH]c2ccc(-c3cccc(F)c3F)cc12. The fraction of sp³-hybridized carbons (Fsp3) is 0. The van der Waals surface area contributed by atoms with E-state index in [0.717, 1.165) is 6.07 Å². The molecule has 0 atom stereocenters. The summed E-state index contributed by atoms with van der Waals surface area (Å²) in [5.41, 5.74) is 1.31. The number of rotatable bonds is 3. The van der Waals surface area contributed by atoms with Gasteiger partial charge in [-0.2, -0.15) is 5.10 Å². The first kappa shape index (κ1) is 15.9. The van der Waals surface area contributed by atoms with Gasteiger partial charge in [-0.3, -0.25) is 9.89 Å². The molecule has 0 spiro atoms. The minimum absolute atomic E-state index is 0.115. The molecule has 2 N–H and O–H groups in total. The van der Waals surface area contributed by atoms with E-state index in [9.17, 15) is 13.6 Å². The van der Waals surface area contributed by atoms with Crippen LogP contribution in [-0.4, -0.2) is 21.1 Å². The quantitative estimate of drug-likeness (QED) is 0.583. The van der Waals surface area contributed by atoms with Crippen LogP contribution in [0.3, 0.4) is 0 Å². The first-order valence-electron chi connectivity index (χ1n) is 7.78. The first-order valence-corrected chi connectivity index (χ1v) is 7.78. The maximum atomic E-state index is 14.1. The lowest BCUT2D eigenvalue weighted by atomic mass is 10.0. The van der Waals surface area contributed by atoms with E-state index in [0.29, 0.717) is 22.3 Å². The number of pyridine rings is 1. The van der Waals surface area contributed by atoms with Crippen LogP contribution in [0.15, 0.2) is 60.8 Å². The van der Waals surface area contributed by atoms with Crippen molar-refractivity contribution in [2.45, 2.75) is 0 Å². The molecule has 0 aliphatic rings. The Morgan fingerprint density at radius 1 is 1.04 bits per heavy atom. The molecule has 2 heterocycles. The van der Waals surface area contributed by atoms with E-state index >= 15 is 0 Å². The molecule has 0 saturated heterocycles. The van der Waals surface area contributed by atoms with Crippen molar-refractivity contribution in [1.82, 2.24) is 15.2 Å². The van der Waals surface area contributed by atoms with Gasteiger partial charge in [-0.15, -0.1) is 0 Å². The fourth-order valence-corrected chi connectivity index (χ4v) is 2.69. The van der Waals surface area contributed by atoms with Crippen molar-refractivity contribution in [2.75, 3.05) is 5.32 Å². The van der Waals surface area contributed by atoms with E-state index in [4.69, 9.17) is 0 Å². The van der Waals surface area contributed by atoms with Crippen LogP contribution in [0, 0.1) is 11.6 Å². The smallest absolute Gasteiger partial charge is 0.277 e. The van der Waals surface area contributed by atoms with Gasteiger partial charge in [0.25, 0.3) is 5.91 Å². The van der Waals surface area contributed by atoms with Gasteiger partial charge in [0.2, 0.25) is 0 Å². The molecule has 5 nitrogen and oxygen atoms in total. The Bertz CT molecular complexity index is 1110. The van der Waals surface area contributed by atoms with Crippen molar-refractivity contribution >= 4 is 22.6 Å². The molecule has 4 aromatic rings. The highest BCUT2D eigenvalue weighted by atomic mass is 19.2. The van der Waals surface area contributed by atoms with E-state index in [-0.39, 0.29) is 11.3 Å². The second kappa shape index (κ2) is 6.36. The highest BCUT2D eigenvalue weighted by Gasteiger charge is 2.17. The highest BCUT2D eigenvalue weighted by molar-refractivity contribution is 6.11. The second-order valence-corrected chi connectivity index (χ2v) is 5.60. The van der Waals surface area contributed by atoms with Crippen molar-refractivity contribution in [3.63, 3.8) is 0 Å². The van der Waals surface area contributed by atoms with Gasteiger partial charge in [-0.25, -0.2) is 13.8 Å². The predicted molar refractivity (Wildman–Crippen MR) is 93.6 cm³/mol. The molecule has 2 aromatic carbocycles. The van der Waals surface area contributed by atoms with E-state index in [1.807, 2.05) is 0 Å². The Labute approximate surface area is 146 Å². The summed E-state index contributed by atoms with van der Waals surface area (Å²) in [6.45, 7) is 0. The molecular formula is C19H12F2N4O. The number of carbonyl (C=O) groups excluding carboxylic acids is 1. The Balaban J connectivity index is 1.75. The number of anilines is 1. The Hall–Kier alpha value is -3.61. The van der Waals surface area contributed by atoms with Gasteiger partial charge >= 0.3 is 0 Å². The molecule has 1 amide bonds. The molecule has 0 aliphatic carbocycles. The minimum Gasteiger partial charge on any atom is -0.305 e. The number of halogens is 2. The van der Waals surface area contributed by atoms with Crippen LogP contribution >= 0.6 is 0 Å². The average Bonchev–Trinajstić information content (AvgIpc) is 3.08. The largest absolute Gasteiger partial charge is 0.305 e. The predicted octanol–water partition coefficient (Wildman–Crippen LogP) is 4.16. The van der Waals surface area contributed by atoms with Gasteiger partial charge in [-0.05, 0) is 35.9 Å². The number of nitrogens with one attached hydrogen (secondary N) is 2. The fourth-order valence-electron chi connectivity index (χ4n) is 2.69. The first-order chi connectivity index (χ1) is 12.6. The molecular weight excluding hydrogens is 338 g/mol. The maximum absolute atomic E-state index is 14.1. The lowest BCUT2D eigenvalue weighted by molar-refractivity contribution is 0.102. The van der Waals surface area contributed by atoms with Crippen LogP contribution in [-0.2, 0) is 0 Å². The number of hydrogen-bond donors (Lipinski definition) is 2. The molecule has 7 heteroatoms. The third-order valence-electron chi connectivity index (χ3n) is 3.95. The number of H-pyrrole nitrogens is 1. The number of hydrogen-bond acceptors (Lipinski definition) is 3. The van der Waals surface area contributed by atoms with Gasteiger partial charge in [0, 0.05) is 17.1 Å². The van der Waals surface area contributed by atoms with Crippen molar-refractivity contribution < 1.29 is 13.6 Å². The topological polar surface area (TPSA) is 70.7 Å². The van der Waals surface area contributed by atoms with Crippen LogP contribution in [0.4, 0.5) is 14.6 Å². The van der Waals surface area contributed by atoms with Crippen molar-refractivity contribution in [3.8, 4) is 11.1 Å². The number of carbonyl (C=O) groups is 1. The molecule has 0 bridgehead atoms. The minimum atomic E-state index is -0.935. The zero-order chi connectivity index (χ0) is 18.1. The molecule has 0 radical (unpaired) electrons. The summed E-state index contributed by atoms with van der Waals surface area (Å²) in [7, 11) is 0. The third-order valence-corrected chi connectivity index (χ3v) is 3.95. The average molecular weight is 350 g/mol. The zero-order valence-corrected chi connectivity index (χ0v) is 13.3. The number of nitrogens with zero attached hydrogens (tertiary/aromatic N) is 2. The summed E-state index contributed by atoms with van der Waals surface area (Å²) >= 11 is 0. The van der Waals surface area contributed by atoms with E-state index in [1.165, 1.54) is 12.1 Å². The summed E-state index contributed by atoms with van der Waals surface area (Å²) in [5.74, 6) is -1.93. The summed E-state index contributed by atoms with van der Waals surface area (Å²) < 4.78 is 27.6. The summed E-state index contributed by atoms with van der Waals surface area (Å²) in [5, 5.41) is 9.94. The van der Waals surface area contributed by atoms with Crippen LogP contribution in [0.2, 0.25) is 0 Å². The molecule has 128 valence electrons.